The van der Waals surface area contributed by atoms with Gasteiger partial charge in [-0.1, -0.05) is 0 Å². The zero-order valence-corrected chi connectivity index (χ0v) is 22.5. The largest absolute Gasteiger partial charge is 0.475 e. The Bertz CT molecular complexity index is 1340. The zero-order valence-electron chi connectivity index (χ0n) is 22.5. The first-order chi connectivity index (χ1) is 18.4. The first-order valence-corrected chi connectivity index (χ1v) is 12.6. The van der Waals surface area contributed by atoms with Gasteiger partial charge in [-0.25, -0.2) is 32.9 Å². The maximum atomic E-state index is 14.8. The lowest BCUT2D eigenvalue weighted by Crippen LogP contribution is -2.40. The highest BCUT2D eigenvalue weighted by molar-refractivity contribution is 5.95. The summed E-state index contributed by atoms with van der Waals surface area (Å²) in [6, 6.07) is 1.78. The lowest BCUT2D eigenvalue weighted by molar-refractivity contribution is 0.0490. The number of fused-ring (bicyclic) bond motifs is 1. The summed E-state index contributed by atoms with van der Waals surface area (Å²) in [7, 11) is 0. The Morgan fingerprint density at radius 3 is 2.77 bits per heavy atom. The van der Waals surface area contributed by atoms with Gasteiger partial charge >= 0.3 is 12.1 Å². The number of nitrogens with one attached hydrogen (secondary N) is 1. The first kappa shape index (κ1) is 28.0. The van der Waals surface area contributed by atoms with Gasteiger partial charge in [-0.3, -0.25) is 0 Å². The number of carbonyl (C=O) groups is 2. The molecule has 1 fully saturated rings. The number of anilines is 1. The average Bonchev–Trinajstić information content (AvgIpc) is 3.45. The lowest BCUT2D eigenvalue weighted by atomic mass is 10.1. The third-order valence-corrected chi connectivity index (χ3v) is 5.83. The van der Waals surface area contributed by atoms with E-state index in [4.69, 9.17) is 14.2 Å². The van der Waals surface area contributed by atoms with Crippen LogP contribution in [0, 0.1) is 5.82 Å². The summed E-state index contributed by atoms with van der Waals surface area (Å²) in [6.45, 7) is 8.87. The summed E-state index contributed by atoms with van der Waals surface area (Å²) < 4.78 is 46.8. The Kier molecular flexibility index (Phi) is 8.17. The smallest absolute Gasteiger partial charge is 0.407 e. The highest BCUT2D eigenvalue weighted by atomic mass is 19.1. The number of hydrogen-bond acceptors (Lipinski definition) is 9. The van der Waals surface area contributed by atoms with Crippen LogP contribution in [0.4, 0.5) is 19.4 Å². The van der Waals surface area contributed by atoms with Crippen molar-refractivity contribution >= 4 is 23.5 Å². The second-order valence-corrected chi connectivity index (χ2v) is 10.2. The Labute approximate surface area is 224 Å². The summed E-state index contributed by atoms with van der Waals surface area (Å²) in [5, 5.41) is 6.80. The third-order valence-electron chi connectivity index (χ3n) is 5.83. The molecule has 11 nitrogen and oxygen atoms in total. The van der Waals surface area contributed by atoms with E-state index in [1.165, 1.54) is 16.8 Å². The van der Waals surface area contributed by atoms with Crippen LogP contribution < -0.4 is 15.0 Å². The molecule has 1 amide bonds. The Balaban J connectivity index is 1.58. The van der Waals surface area contributed by atoms with Crippen molar-refractivity contribution in [2.75, 3.05) is 24.7 Å². The van der Waals surface area contributed by atoms with Crippen molar-refractivity contribution in [2.24, 2.45) is 0 Å². The number of halogens is 2. The number of rotatable bonds is 8. The minimum Gasteiger partial charge on any atom is -0.475 e. The summed E-state index contributed by atoms with van der Waals surface area (Å²) in [4.78, 5) is 34.8. The number of amides is 1. The zero-order chi connectivity index (χ0) is 28.3. The van der Waals surface area contributed by atoms with Crippen LogP contribution in [-0.2, 0) is 9.47 Å². The summed E-state index contributed by atoms with van der Waals surface area (Å²) in [5.41, 5.74) is 0.105. The SMILES string of the molecule is CCOC(=O)c1cnn2ccc(N3C[C@@H](F)C[C@@H]3c3cc(F)cnc3OC[C@@H](C)NC(=O)OC(C)(C)C)nc12. The van der Waals surface area contributed by atoms with Crippen LogP contribution in [0.1, 0.15) is 63.0 Å². The summed E-state index contributed by atoms with van der Waals surface area (Å²) >= 11 is 0. The molecule has 1 saturated heterocycles. The van der Waals surface area contributed by atoms with Gasteiger partial charge in [0.1, 0.15) is 35.6 Å². The van der Waals surface area contributed by atoms with Crippen molar-refractivity contribution < 1.29 is 32.6 Å². The topological polar surface area (TPSA) is 120 Å². The molecule has 1 N–H and O–H groups in total. The molecule has 39 heavy (non-hydrogen) atoms. The molecule has 4 heterocycles. The molecule has 1 aliphatic heterocycles. The summed E-state index contributed by atoms with van der Waals surface area (Å²) in [5.74, 6) is -0.703. The molecule has 210 valence electrons. The molecule has 13 heteroatoms. The molecule has 3 aromatic rings. The van der Waals surface area contributed by atoms with Crippen molar-refractivity contribution in [1.29, 1.82) is 0 Å². The number of pyridine rings is 1. The van der Waals surface area contributed by atoms with Crippen molar-refractivity contribution in [1.82, 2.24) is 24.9 Å². The number of carbonyl (C=O) groups excluding carboxylic acids is 2. The highest BCUT2D eigenvalue weighted by Crippen LogP contribution is 2.40. The highest BCUT2D eigenvalue weighted by Gasteiger charge is 2.37. The molecular weight excluding hydrogens is 514 g/mol. The number of nitrogens with zero attached hydrogens (tertiary/aromatic N) is 5. The van der Waals surface area contributed by atoms with E-state index in [0.717, 1.165) is 6.20 Å². The van der Waals surface area contributed by atoms with Crippen LogP contribution in [0.25, 0.3) is 5.65 Å². The van der Waals surface area contributed by atoms with Crippen LogP contribution in [-0.4, -0.2) is 69.2 Å². The molecule has 0 saturated carbocycles. The number of esters is 1. The summed E-state index contributed by atoms with van der Waals surface area (Å²) in [6.07, 6.45) is 2.19. The van der Waals surface area contributed by atoms with E-state index in [-0.39, 0.29) is 43.3 Å². The Morgan fingerprint density at radius 1 is 1.28 bits per heavy atom. The molecule has 3 atom stereocenters. The van der Waals surface area contributed by atoms with Crippen LogP contribution in [0.3, 0.4) is 0 Å². The molecule has 4 rings (SSSR count). The van der Waals surface area contributed by atoms with E-state index >= 15 is 0 Å². The van der Waals surface area contributed by atoms with Gasteiger partial charge in [0.15, 0.2) is 5.65 Å². The van der Waals surface area contributed by atoms with Gasteiger partial charge in [-0.15, -0.1) is 0 Å². The van der Waals surface area contributed by atoms with Gasteiger partial charge in [-0.2, -0.15) is 5.10 Å². The second-order valence-electron chi connectivity index (χ2n) is 10.2. The van der Waals surface area contributed by atoms with Crippen molar-refractivity contribution in [3.8, 4) is 5.88 Å². The number of alkyl carbamates (subject to hydrolysis) is 1. The number of alkyl halides is 1. The quantitative estimate of drug-likeness (QED) is 0.418. The monoisotopic (exact) mass is 546 g/mol. The van der Waals surface area contributed by atoms with Crippen LogP contribution >= 0.6 is 0 Å². The molecule has 0 spiro atoms. The maximum absolute atomic E-state index is 14.8. The fraction of sp³-hybridized carbons (Fsp3) is 0.500. The predicted octanol–water partition coefficient (Wildman–Crippen LogP) is 4.02. The maximum Gasteiger partial charge on any atom is 0.407 e. The minimum absolute atomic E-state index is 0.0106. The first-order valence-electron chi connectivity index (χ1n) is 12.6. The van der Waals surface area contributed by atoms with Crippen molar-refractivity contribution in [3.05, 3.63) is 47.7 Å². The minimum atomic E-state index is -1.23. The molecule has 1 aliphatic rings. The van der Waals surface area contributed by atoms with Crippen molar-refractivity contribution in [3.63, 3.8) is 0 Å². The van der Waals surface area contributed by atoms with E-state index < -0.39 is 41.7 Å². The van der Waals surface area contributed by atoms with E-state index in [0.29, 0.717) is 11.4 Å². The van der Waals surface area contributed by atoms with Gasteiger partial charge in [-0.05, 0) is 46.8 Å². The molecule has 0 bridgehead atoms. The lowest BCUT2D eigenvalue weighted by Gasteiger charge is -2.27. The van der Waals surface area contributed by atoms with E-state index in [2.05, 4.69) is 20.4 Å². The van der Waals surface area contributed by atoms with E-state index in [1.54, 1.807) is 51.8 Å². The predicted molar refractivity (Wildman–Crippen MR) is 137 cm³/mol. The Hall–Kier alpha value is -4.03. The molecule has 0 aliphatic carbocycles. The Morgan fingerprint density at radius 2 is 2.05 bits per heavy atom. The van der Waals surface area contributed by atoms with Crippen LogP contribution in [0.15, 0.2) is 30.7 Å². The standard InChI is InChI=1S/C26H32F2N6O5/c1-6-37-24(35)19-12-30-34-8-7-21(32-22(19)34)33-13-17(28)10-20(33)18-9-16(27)11-29-23(18)38-14-15(2)31-25(36)39-26(3,4)5/h7-9,11-12,15,17,20H,6,10,13-14H2,1-5H3,(H,31,36)/t15-,17+,20-/m1/s1. The number of aromatic nitrogens is 4. The fourth-order valence-electron chi connectivity index (χ4n) is 4.26. The number of ether oxygens (including phenoxy) is 3. The van der Waals surface area contributed by atoms with Gasteiger partial charge in [0.25, 0.3) is 0 Å². The van der Waals surface area contributed by atoms with Gasteiger partial charge in [0.05, 0.1) is 37.6 Å². The molecule has 0 unspecified atom stereocenters. The molecule has 3 aromatic heterocycles. The van der Waals surface area contributed by atoms with Crippen LogP contribution in [0.2, 0.25) is 0 Å². The van der Waals surface area contributed by atoms with Crippen molar-refractivity contribution in [2.45, 2.75) is 64.9 Å². The molecular formula is C26H32F2N6O5. The van der Waals surface area contributed by atoms with Crippen LogP contribution in [0.5, 0.6) is 5.88 Å². The molecule has 0 aromatic carbocycles. The normalized spacial score (nSPS) is 18.2. The second kappa shape index (κ2) is 11.4. The number of hydrogen-bond donors (Lipinski definition) is 1. The van der Waals surface area contributed by atoms with E-state index in [1.807, 2.05) is 0 Å². The van der Waals surface area contributed by atoms with Gasteiger partial charge < -0.3 is 24.4 Å². The van der Waals surface area contributed by atoms with Gasteiger partial charge in [0.2, 0.25) is 5.88 Å². The third kappa shape index (κ3) is 6.70. The fourth-order valence-corrected chi connectivity index (χ4v) is 4.26. The van der Waals surface area contributed by atoms with Gasteiger partial charge in [0, 0.05) is 18.2 Å². The van der Waals surface area contributed by atoms with E-state index in [9.17, 15) is 18.4 Å². The molecule has 0 radical (unpaired) electrons. The average molecular weight is 547 g/mol.